The molecule has 0 fully saturated rings. The number of allylic oxidation sites excluding steroid dienone is 16. The average Bonchev–Trinajstić information content (AvgIpc) is 3.19. The number of aliphatic hydroxyl groups is 1. The largest absolute Gasteiger partial charge is 0.756 e. The van der Waals surface area contributed by atoms with E-state index in [1.807, 2.05) is 21.1 Å². The molecule has 0 aromatic heterocycles. The molecule has 1 amide bonds. The van der Waals surface area contributed by atoms with Gasteiger partial charge in [0.15, 0.2) is 0 Å². The molecule has 0 aromatic rings. The number of unbranched alkanes of at least 4 members (excludes halogenated alkanes) is 11. The highest BCUT2D eigenvalue weighted by atomic mass is 31.2. The highest BCUT2D eigenvalue weighted by Crippen LogP contribution is 2.38. The number of carbonyl (C=O) groups is 1. The van der Waals surface area contributed by atoms with Gasteiger partial charge < -0.3 is 28.8 Å². The van der Waals surface area contributed by atoms with E-state index in [-0.39, 0.29) is 19.1 Å². The molecule has 0 aliphatic carbocycles. The summed E-state index contributed by atoms with van der Waals surface area (Å²) < 4.78 is 23.1. The Morgan fingerprint density at radius 1 is 0.610 bits per heavy atom. The number of amides is 1. The van der Waals surface area contributed by atoms with Gasteiger partial charge in [0.2, 0.25) is 5.91 Å². The molecule has 0 bridgehead atoms. The van der Waals surface area contributed by atoms with Crippen molar-refractivity contribution in [3.63, 3.8) is 0 Å². The maximum atomic E-state index is 12.8. The third-order valence-electron chi connectivity index (χ3n) is 9.59. The van der Waals surface area contributed by atoms with E-state index in [1.54, 1.807) is 0 Å². The fourth-order valence-corrected chi connectivity index (χ4v) is 6.66. The minimum Gasteiger partial charge on any atom is -0.756 e. The number of aliphatic hydroxyl groups excluding tert-OH is 1. The number of likely N-dealkylation sites (N-methyl/N-ethyl adjacent to an activating group) is 1. The first kappa shape index (κ1) is 56.4. The second-order valence-electron chi connectivity index (χ2n) is 16.4. The number of quaternary nitrogens is 1. The zero-order valence-electron chi connectivity index (χ0n) is 38.2. The molecular formula is C50H87N2O6P. The van der Waals surface area contributed by atoms with Gasteiger partial charge >= 0.3 is 0 Å². The van der Waals surface area contributed by atoms with E-state index in [2.05, 4.69) is 116 Å². The number of rotatable bonds is 40. The van der Waals surface area contributed by atoms with Crippen molar-refractivity contribution in [3.8, 4) is 0 Å². The second kappa shape index (κ2) is 40.8. The van der Waals surface area contributed by atoms with Crippen molar-refractivity contribution in [2.75, 3.05) is 40.9 Å². The summed E-state index contributed by atoms with van der Waals surface area (Å²) in [6, 6.07) is -0.812. The first-order valence-electron chi connectivity index (χ1n) is 23.1. The van der Waals surface area contributed by atoms with Gasteiger partial charge in [-0.2, -0.15) is 0 Å². The van der Waals surface area contributed by atoms with Crippen molar-refractivity contribution >= 4 is 13.7 Å². The molecule has 0 aliphatic heterocycles. The lowest BCUT2D eigenvalue weighted by Gasteiger charge is -2.30. The molecule has 9 heteroatoms. The lowest BCUT2D eigenvalue weighted by molar-refractivity contribution is -0.870. The Labute approximate surface area is 362 Å². The van der Waals surface area contributed by atoms with Gasteiger partial charge in [-0.15, -0.1) is 0 Å². The van der Waals surface area contributed by atoms with Crippen molar-refractivity contribution in [3.05, 3.63) is 97.2 Å². The summed E-state index contributed by atoms with van der Waals surface area (Å²) in [5.41, 5.74) is 0. The number of hydrogen-bond acceptors (Lipinski definition) is 6. The zero-order valence-corrected chi connectivity index (χ0v) is 39.1. The highest BCUT2D eigenvalue weighted by molar-refractivity contribution is 7.45. The molecule has 0 radical (unpaired) electrons. The van der Waals surface area contributed by atoms with Crippen LogP contribution >= 0.6 is 7.82 Å². The van der Waals surface area contributed by atoms with Gasteiger partial charge in [0, 0.05) is 6.42 Å². The van der Waals surface area contributed by atoms with Gasteiger partial charge in [-0.05, 0) is 77.0 Å². The number of phosphoric acid groups is 1. The summed E-state index contributed by atoms with van der Waals surface area (Å²) in [7, 11) is 1.27. The second-order valence-corrected chi connectivity index (χ2v) is 17.8. The smallest absolute Gasteiger partial charge is 0.268 e. The number of hydrogen-bond donors (Lipinski definition) is 2. The van der Waals surface area contributed by atoms with E-state index in [1.165, 1.54) is 32.1 Å². The summed E-state index contributed by atoms with van der Waals surface area (Å²) >= 11 is 0. The molecule has 3 atom stereocenters. The molecule has 0 saturated carbocycles. The molecule has 59 heavy (non-hydrogen) atoms. The summed E-state index contributed by atoms with van der Waals surface area (Å²) in [6.07, 6.45) is 57.4. The van der Waals surface area contributed by atoms with Crippen LogP contribution in [0.5, 0.6) is 0 Å². The van der Waals surface area contributed by atoms with Gasteiger partial charge in [0.05, 0.1) is 39.9 Å². The minimum absolute atomic E-state index is 0.00273. The number of carbonyl (C=O) groups excluding carboxylic acids is 1. The Kier molecular flexibility index (Phi) is 39.0. The maximum Gasteiger partial charge on any atom is 0.268 e. The molecule has 0 rings (SSSR count). The Balaban J connectivity index is 4.11. The van der Waals surface area contributed by atoms with Crippen LogP contribution in [0.25, 0.3) is 0 Å². The molecule has 0 heterocycles. The lowest BCUT2D eigenvalue weighted by atomic mass is 10.0. The Morgan fingerprint density at radius 2 is 1.03 bits per heavy atom. The van der Waals surface area contributed by atoms with Crippen LogP contribution in [0.1, 0.15) is 162 Å². The van der Waals surface area contributed by atoms with Gasteiger partial charge in [-0.1, -0.05) is 175 Å². The fraction of sp³-hybridized carbons (Fsp3) is 0.660. The van der Waals surface area contributed by atoms with Crippen LogP contribution < -0.4 is 10.2 Å². The van der Waals surface area contributed by atoms with Crippen molar-refractivity contribution in [1.29, 1.82) is 0 Å². The summed E-state index contributed by atoms with van der Waals surface area (Å²) in [6.45, 7) is 4.49. The minimum atomic E-state index is -4.56. The van der Waals surface area contributed by atoms with E-state index in [9.17, 15) is 19.4 Å². The molecule has 0 saturated heterocycles. The average molecular weight is 843 g/mol. The van der Waals surface area contributed by atoms with E-state index in [4.69, 9.17) is 9.05 Å². The summed E-state index contributed by atoms with van der Waals surface area (Å²) in [4.78, 5) is 25.2. The predicted molar refractivity (Wildman–Crippen MR) is 251 cm³/mol. The van der Waals surface area contributed by atoms with Crippen molar-refractivity contribution in [1.82, 2.24) is 5.32 Å². The Hall–Kier alpha value is -2.58. The zero-order chi connectivity index (χ0) is 43.6. The third-order valence-corrected chi connectivity index (χ3v) is 10.6. The monoisotopic (exact) mass is 843 g/mol. The van der Waals surface area contributed by atoms with Crippen molar-refractivity contribution in [2.45, 2.75) is 174 Å². The highest BCUT2D eigenvalue weighted by Gasteiger charge is 2.24. The van der Waals surface area contributed by atoms with E-state index in [0.717, 1.165) is 103 Å². The van der Waals surface area contributed by atoms with E-state index in [0.29, 0.717) is 23.9 Å². The van der Waals surface area contributed by atoms with Crippen molar-refractivity contribution < 1.29 is 32.9 Å². The number of nitrogens with one attached hydrogen (secondary N) is 1. The molecule has 3 unspecified atom stereocenters. The Bertz CT molecular complexity index is 1280. The molecular weight excluding hydrogens is 756 g/mol. The maximum absolute atomic E-state index is 12.8. The van der Waals surface area contributed by atoms with E-state index < -0.39 is 20.0 Å². The summed E-state index contributed by atoms with van der Waals surface area (Å²) in [5.74, 6) is -0.191. The van der Waals surface area contributed by atoms with E-state index >= 15 is 0 Å². The number of nitrogens with zero attached hydrogens (tertiary/aromatic N) is 1. The van der Waals surface area contributed by atoms with Gasteiger partial charge in [-0.3, -0.25) is 9.36 Å². The Morgan fingerprint density at radius 3 is 1.51 bits per heavy atom. The van der Waals surface area contributed by atoms with Crippen LogP contribution in [0.15, 0.2) is 97.2 Å². The molecule has 0 aliphatic rings. The SMILES string of the molecule is CC/C=C\C/C=C\C/C=C\C/C=C\C/C=C\C/C=C\C/C=C\C/C=C\CCCCCCCCC(=O)NC(COP(=O)([O-])OCC[N+](C)(C)C)C(O)CCCCCCCC. The standard InChI is InChI=1S/C50H87N2O6P/c1-6-8-10-12-14-15-16-17-18-19-20-21-22-23-24-25-26-27-28-29-30-31-32-33-34-35-36-37-38-40-42-44-50(54)51-48(49(53)43-41-39-13-11-9-7-2)47-58-59(55,56)57-46-45-52(3,4)5/h8,10,14-15,17-18,20-21,23-24,26-27,29-30,32-33,48-49,53H,6-7,9,11-13,16,19,22,25,28,31,34-47H2,1-5H3,(H-,51,54,55,56)/b10-8-,15-14-,18-17-,21-20-,24-23-,27-26-,30-29-,33-32-. The first-order valence-corrected chi connectivity index (χ1v) is 24.5. The van der Waals surface area contributed by atoms with Crippen LogP contribution in [0, 0.1) is 0 Å². The van der Waals surface area contributed by atoms with Crippen LogP contribution in [-0.4, -0.2) is 68.5 Å². The molecule has 0 spiro atoms. The molecule has 8 nitrogen and oxygen atoms in total. The van der Waals surface area contributed by atoms with Gasteiger partial charge in [0.1, 0.15) is 13.2 Å². The third kappa shape index (κ3) is 43.3. The van der Waals surface area contributed by atoms with Crippen LogP contribution in [-0.2, 0) is 18.4 Å². The van der Waals surface area contributed by atoms with Gasteiger partial charge in [0.25, 0.3) is 7.82 Å². The molecule has 2 N–H and O–H groups in total. The normalized spacial score (nSPS) is 15.2. The lowest BCUT2D eigenvalue weighted by Crippen LogP contribution is -2.46. The first-order chi connectivity index (χ1) is 28.5. The van der Waals surface area contributed by atoms with Crippen LogP contribution in [0.4, 0.5) is 0 Å². The number of phosphoric ester groups is 1. The van der Waals surface area contributed by atoms with Gasteiger partial charge in [-0.25, -0.2) is 0 Å². The van der Waals surface area contributed by atoms with Crippen LogP contribution in [0.3, 0.4) is 0 Å². The topological polar surface area (TPSA) is 108 Å². The van der Waals surface area contributed by atoms with Crippen molar-refractivity contribution in [2.24, 2.45) is 0 Å². The predicted octanol–water partition coefficient (Wildman–Crippen LogP) is 12.5. The fourth-order valence-electron chi connectivity index (χ4n) is 5.93. The molecule has 0 aromatic carbocycles. The summed E-state index contributed by atoms with van der Waals surface area (Å²) in [5, 5.41) is 13.7. The quantitative estimate of drug-likeness (QED) is 0.0275. The van der Waals surface area contributed by atoms with Crippen LogP contribution in [0.2, 0.25) is 0 Å². The molecule has 338 valence electrons.